The predicted molar refractivity (Wildman–Crippen MR) is 222 cm³/mol. The minimum atomic E-state index is -0.899. The second-order valence-corrected chi connectivity index (χ2v) is 17.5. The monoisotopic (exact) mass is 773 g/mol. The van der Waals surface area contributed by atoms with Crippen molar-refractivity contribution in [2.24, 2.45) is 34.8 Å². The highest BCUT2D eigenvalue weighted by molar-refractivity contribution is 5.97. The summed E-state index contributed by atoms with van der Waals surface area (Å²) in [5.41, 5.74) is 9.74. The lowest BCUT2D eigenvalue weighted by Crippen LogP contribution is -2.57. The molecule has 3 aromatic carbocycles. The molecule has 1 aliphatic carbocycles. The number of nitrogens with two attached hydrogens (primary N) is 1. The van der Waals surface area contributed by atoms with E-state index >= 15 is 4.39 Å². The first kappa shape index (κ1) is 43.3. The Bertz CT molecular complexity index is 1800. The molecule has 1 heterocycles. The predicted octanol–water partition coefficient (Wildman–Crippen LogP) is 5.72. The number of benzene rings is 3. The fraction of sp³-hybridized carbons (Fsp3) is 0.556. The van der Waals surface area contributed by atoms with E-state index in [0.29, 0.717) is 47.1 Å². The normalized spacial score (nSPS) is 26.1. The highest BCUT2D eigenvalue weighted by Crippen LogP contribution is 2.47. The highest BCUT2D eigenvalue weighted by Gasteiger charge is 2.51. The molecule has 0 unspecified atom stereocenters. The van der Waals surface area contributed by atoms with Gasteiger partial charge in [-0.15, -0.1) is 0 Å². The molecule has 0 bridgehead atoms. The number of carbonyl (C=O) groups is 2. The molecule has 10 nitrogen and oxygen atoms in total. The molecule has 2 aliphatic rings. The van der Waals surface area contributed by atoms with Crippen molar-refractivity contribution in [2.75, 3.05) is 46.2 Å². The molecule has 2 amide bonds. The summed E-state index contributed by atoms with van der Waals surface area (Å²) in [7, 11) is 7.73. The zero-order valence-corrected chi connectivity index (χ0v) is 35.1. The smallest absolute Gasteiger partial charge is 0.251 e. The van der Waals surface area contributed by atoms with Gasteiger partial charge < -0.3 is 31.3 Å². The second-order valence-electron chi connectivity index (χ2n) is 17.5. The number of rotatable bonds is 14. The van der Waals surface area contributed by atoms with E-state index in [1.165, 1.54) is 5.06 Å². The van der Waals surface area contributed by atoms with Gasteiger partial charge in [-0.25, -0.2) is 4.39 Å². The molecule has 5 N–H and O–H groups in total. The van der Waals surface area contributed by atoms with E-state index in [-0.39, 0.29) is 48.3 Å². The Labute approximate surface area is 333 Å². The first-order valence-corrected chi connectivity index (χ1v) is 20.1. The summed E-state index contributed by atoms with van der Waals surface area (Å²) in [6.07, 6.45) is -0.0298. The van der Waals surface area contributed by atoms with E-state index in [1.807, 2.05) is 68.3 Å². The van der Waals surface area contributed by atoms with Gasteiger partial charge in [0.1, 0.15) is 11.9 Å². The van der Waals surface area contributed by atoms with Gasteiger partial charge in [-0.3, -0.25) is 14.4 Å². The van der Waals surface area contributed by atoms with E-state index in [1.54, 1.807) is 31.2 Å². The van der Waals surface area contributed by atoms with Crippen LogP contribution in [-0.2, 0) is 22.6 Å². The molecule has 3 aromatic rings. The minimum Gasteiger partial charge on any atom is -0.393 e. The van der Waals surface area contributed by atoms with E-state index in [9.17, 15) is 14.7 Å². The van der Waals surface area contributed by atoms with Crippen molar-refractivity contribution >= 4 is 17.5 Å². The lowest BCUT2D eigenvalue weighted by Gasteiger charge is -2.50. The molecule has 0 radical (unpaired) electrons. The van der Waals surface area contributed by atoms with Crippen LogP contribution in [0.25, 0.3) is 11.1 Å². The Kier molecular flexibility index (Phi) is 14.0. The van der Waals surface area contributed by atoms with E-state index in [4.69, 9.17) is 10.6 Å². The van der Waals surface area contributed by atoms with Crippen molar-refractivity contribution in [2.45, 2.75) is 91.3 Å². The Morgan fingerprint density at radius 1 is 1.04 bits per heavy atom. The van der Waals surface area contributed by atoms with Gasteiger partial charge in [-0.1, -0.05) is 83.1 Å². The summed E-state index contributed by atoms with van der Waals surface area (Å²) >= 11 is 0. The van der Waals surface area contributed by atoms with Crippen LogP contribution < -0.4 is 21.3 Å². The Hall–Kier alpha value is -3.87. The summed E-state index contributed by atoms with van der Waals surface area (Å²) in [5, 5.41) is 19.0. The van der Waals surface area contributed by atoms with Crippen LogP contribution in [0, 0.1) is 34.9 Å². The third kappa shape index (κ3) is 9.62. The molecule has 2 fully saturated rings. The van der Waals surface area contributed by atoms with E-state index in [2.05, 4.69) is 57.4 Å². The lowest BCUT2D eigenvalue weighted by molar-refractivity contribution is -0.174. The van der Waals surface area contributed by atoms with E-state index in [0.717, 1.165) is 17.7 Å². The van der Waals surface area contributed by atoms with Crippen LogP contribution in [0.5, 0.6) is 0 Å². The number of hydrogen-bond acceptors (Lipinski definition) is 8. The standard InChI is InChI=1S/C45H65FN6O4/c1-27-19-38(28(2)29(3)45(27,5)6)49-44(55)42-40(30(4)53)39(24-47)56-52(42)25-32-17-14-18-37(41(32)46)33-21-34(23-36(22-33)51(9)10)43(54)48-35(26-50(7)8)20-31-15-12-11-13-16-31/h11-18,21-23,27-30,35,38-40,42,53H,19-20,24-26,47H2,1-10H3,(H,48,54)(H,49,55)/t27-,28+,29+,30+,35+,38+,39+,40-,42+/m1/s1. The van der Waals surface area contributed by atoms with Crippen LogP contribution in [0.2, 0.25) is 0 Å². The zero-order valence-electron chi connectivity index (χ0n) is 35.1. The molecular formula is C45H65FN6O4. The third-order valence-electron chi connectivity index (χ3n) is 12.9. The molecular weight excluding hydrogens is 708 g/mol. The number of hydroxylamine groups is 2. The Balaban J connectivity index is 1.43. The number of aliphatic hydroxyl groups excluding tert-OH is 1. The van der Waals surface area contributed by atoms with Crippen LogP contribution in [-0.4, -0.2) is 98.5 Å². The number of carbonyl (C=O) groups excluding carboxylic acids is 2. The minimum absolute atomic E-state index is 0.0516. The van der Waals surface area contributed by atoms with E-state index < -0.39 is 30.0 Å². The summed E-state index contributed by atoms with van der Waals surface area (Å²) in [6, 6.07) is 19.5. The van der Waals surface area contributed by atoms with Gasteiger partial charge in [0.15, 0.2) is 0 Å². The van der Waals surface area contributed by atoms with Crippen molar-refractivity contribution in [3.63, 3.8) is 0 Å². The highest BCUT2D eigenvalue weighted by atomic mass is 19.1. The molecule has 56 heavy (non-hydrogen) atoms. The molecule has 11 heteroatoms. The summed E-state index contributed by atoms with van der Waals surface area (Å²) < 4.78 is 16.8. The van der Waals surface area contributed by atoms with Gasteiger partial charge in [0.2, 0.25) is 5.91 Å². The van der Waals surface area contributed by atoms with Crippen molar-refractivity contribution < 1.29 is 23.9 Å². The fourth-order valence-electron chi connectivity index (χ4n) is 8.77. The average molecular weight is 773 g/mol. The van der Waals surface area contributed by atoms with Crippen LogP contribution >= 0.6 is 0 Å². The summed E-state index contributed by atoms with van der Waals surface area (Å²) in [5.74, 6) is -0.602. The summed E-state index contributed by atoms with van der Waals surface area (Å²) in [6.45, 7) is 13.6. The molecule has 0 spiro atoms. The Morgan fingerprint density at radius 2 is 1.73 bits per heavy atom. The van der Waals surface area contributed by atoms with Crippen molar-refractivity contribution in [3.8, 4) is 11.1 Å². The van der Waals surface area contributed by atoms with Gasteiger partial charge in [0.05, 0.1) is 18.8 Å². The van der Waals surface area contributed by atoms with Crippen LogP contribution in [0.3, 0.4) is 0 Å². The average Bonchev–Trinajstić information content (AvgIpc) is 3.52. The Morgan fingerprint density at radius 3 is 2.36 bits per heavy atom. The topological polar surface area (TPSA) is 123 Å². The molecule has 306 valence electrons. The fourth-order valence-corrected chi connectivity index (χ4v) is 8.77. The number of anilines is 1. The molecule has 1 aliphatic heterocycles. The maximum absolute atomic E-state index is 16.8. The summed E-state index contributed by atoms with van der Waals surface area (Å²) in [4.78, 5) is 38.4. The van der Waals surface area contributed by atoms with Gasteiger partial charge >= 0.3 is 0 Å². The number of nitrogens with one attached hydrogen (secondary N) is 2. The molecule has 1 saturated heterocycles. The first-order valence-electron chi connectivity index (χ1n) is 20.1. The van der Waals surface area contributed by atoms with Gasteiger partial charge in [-0.2, -0.15) is 5.06 Å². The van der Waals surface area contributed by atoms with Crippen LogP contribution in [0.1, 0.15) is 69.4 Å². The van der Waals surface area contributed by atoms with Crippen molar-refractivity contribution in [1.82, 2.24) is 20.6 Å². The molecule has 9 atom stereocenters. The molecule has 0 aromatic heterocycles. The van der Waals surface area contributed by atoms with Crippen molar-refractivity contribution in [3.05, 3.63) is 89.2 Å². The third-order valence-corrected chi connectivity index (χ3v) is 12.9. The number of nitrogens with zero attached hydrogens (tertiary/aromatic N) is 3. The maximum Gasteiger partial charge on any atom is 0.251 e. The zero-order chi connectivity index (χ0) is 41.1. The van der Waals surface area contributed by atoms with Crippen molar-refractivity contribution in [1.29, 1.82) is 0 Å². The van der Waals surface area contributed by atoms with Crippen LogP contribution in [0.4, 0.5) is 10.1 Å². The first-order chi connectivity index (χ1) is 26.4. The lowest BCUT2D eigenvalue weighted by atomic mass is 9.58. The number of aliphatic hydroxyl groups is 1. The number of amides is 2. The van der Waals surface area contributed by atoms with Crippen LogP contribution in [0.15, 0.2) is 66.7 Å². The van der Waals surface area contributed by atoms with Gasteiger partial charge in [-0.05, 0) is 86.4 Å². The quantitative estimate of drug-likeness (QED) is 0.164. The number of hydrogen-bond donors (Lipinski definition) is 4. The van der Waals surface area contributed by atoms with Gasteiger partial charge in [0, 0.05) is 67.6 Å². The second kappa shape index (κ2) is 18.2. The molecule has 5 rings (SSSR count). The SMILES string of the molecule is C[C@@H]1[C@@H](NC(=O)[C@@H]2[C@H]([C@H](C)O)[C@H](CN)ON2Cc2cccc(-c3cc(C(=O)N[C@@H](Cc4ccccc4)CN(C)C)cc(N(C)C)c3)c2F)C[C@@H](C)C(C)(C)[C@H]1C. The largest absolute Gasteiger partial charge is 0.393 e. The van der Waals surface area contributed by atoms with Gasteiger partial charge in [0.25, 0.3) is 5.91 Å². The number of likely N-dealkylation sites (N-methyl/N-ethyl adjacent to an activating group) is 1. The maximum atomic E-state index is 16.8. The molecule has 1 saturated carbocycles. The number of halogens is 1.